The van der Waals surface area contributed by atoms with E-state index in [1.165, 1.54) is 0 Å². The van der Waals surface area contributed by atoms with E-state index in [9.17, 15) is 4.79 Å². The molecule has 0 spiro atoms. The molecule has 1 aromatic heterocycles. The highest BCUT2D eigenvalue weighted by Gasteiger charge is 2.32. The Morgan fingerprint density at radius 1 is 1.36 bits per heavy atom. The molecule has 3 rings (SSSR count). The van der Waals surface area contributed by atoms with E-state index >= 15 is 0 Å². The molecule has 6 heteroatoms. The maximum atomic E-state index is 12.4. The second-order valence-electron chi connectivity index (χ2n) is 6.32. The number of nitrogens with zero attached hydrogens (tertiary/aromatic N) is 3. The van der Waals surface area contributed by atoms with Crippen molar-refractivity contribution in [1.29, 1.82) is 5.26 Å². The van der Waals surface area contributed by atoms with Crippen LogP contribution in [0.5, 0.6) is 5.75 Å². The number of ether oxygens (including phenoxy) is 1. The summed E-state index contributed by atoms with van der Waals surface area (Å²) in [6.45, 7) is 4.32. The minimum atomic E-state index is 0.00781. The molecule has 6 nitrogen and oxygen atoms in total. The van der Waals surface area contributed by atoms with Crippen LogP contribution in [0.4, 0.5) is 0 Å². The van der Waals surface area contributed by atoms with Gasteiger partial charge in [0.15, 0.2) is 0 Å². The Morgan fingerprint density at radius 2 is 2.08 bits per heavy atom. The van der Waals surface area contributed by atoms with Crippen molar-refractivity contribution in [3.8, 4) is 11.8 Å². The molecule has 0 bridgehead atoms. The van der Waals surface area contributed by atoms with Crippen molar-refractivity contribution in [1.82, 2.24) is 10.1 Å². The van der Waals surface area contributed by atoms with Crippen molar-refractivity contribution < 1.29 is 14.1 Å². The van der Waals surface area contributed by atoms with E-state index in [0.29, 0.717) is 13.0 Å². The topological polar surface area (TPSA) is 79.4 Å². The molecular formula is C19H21N3O3. The lowest BCUT2D eigenvalue weighted by molar-refractivity contribution is -0.130. The molecule has 0 N–H and O–H groups in total. The van der Waals surface area contributed by atoms with E-state index in [1.807, 2.05) is 38.1 Å². The van der Waals surface area contributed by atoms with Crippen LogP contribution in [-0.2, 0) is 17.8 Å². The van der Waals surface area contributed by atoms with Gasteiger partial charge in [0.1, 0.15) is 24.7 Å². The van der Waals surface area contributed by atoms with Gasteiger partial charge in [0.2, 0.25) is 5.91 Å². The van der Waals surface area contributed by atoms with Crippen molar-refractivity contribution in [3.63, 3.8) is 0 Å². The van der Waals surface area contributed by atoms with Crippen molar-refractivity contribution in [3.05, 3.63) is 46.8 Å². The predicted octanol–water partition coefficient (Wildman–Crippen LogP) is 2.93. The number of hydrogen-bond donors (Lipinski definition) is 0. The molecule has 1 fully saturated rings. The molecule has 0 aliphatic heterocycles. The molecule has 1 aromatic carbocycles. The number of aromatic nitrogens is 1. The number of amides is 1. The van der Waals surface area contributed by atoms with Crippen LogP contribution in [0, 0.1) is 25.2 Å². The minimum absolute atomic E-state index is 0.00781. The first kappa shape index (κ1) is 17.0. The summed E-state index contributed by atoms with van der Waals surface area (Å²) in [7, 11) is 0. The van der Waals surface area contributed by atoms with Gasteiger partial charge >= 0.3 is 0 Å². The third-order valence-electron chi connectivity index (χ3n) is 4.39. The Kier molecular flexibility index (Phi) is 5.03. The fourth-order valence-corrected chi connectivity index (χ4v) is 2.73. The van der Waals surface area contributed by atoms with E-state index in [2.05, 4.69) is 11.2 Å². The second kappa shape index (κ2) is 7.39. The molecule has 2 aromatic rings. The lowest BCUT2D eigenvalue weighted by atomic mass is 10.1. The maximum absolute atomic E-state index is 12.4. The Morgan fingerprint density at radius 3 is 2.64 bits per heavy atom. The van der Waals surface area contributed by atoms with Crippen molar-refractivity contribution in [2.45, 2.75) is 45.8 Å². The highest BCUT2D eigenvalue weighted by atomic mass is 16.5. The summed E-state index contributed by atoms with van der Waals surface area (Å²) in [4.78, 5) is 14.0. The summed E-state index contributed by atoms with van der Waals surface area (Å²) in [5.74, 6) is 1.50. The van der Waals surface area contributed by atoms with Crippen LogP contribution in [0.2, 0.25) is 0 Å². The zero-order valence-electron chi connectivity index (χ0n) is 14.5. The number of benzene rings is 1. The van der Waals surface area contributed by atoms with Crippen molar-refractivity contribution in [2.75, 3.05) is 6.54 Å². The van der Waals surface area contributed by atoms with Gasteiger partial charge in [-0.25, -0.2) is 0 Å². The molecular weight excluding hydrogens is 318 g/mol. The lowest BCUT2D eigenvalue weighted by Gasteiger charge is -2.19. The van der Waals surface area contributed by atoms with Crippen LogP contribution < -0.4 is 4.74 Å². The van der Waals surface area contributed by atoms with Crippen molar-refractivity contribution in [2.24, 2.45) is 0 Å². The van der Waals surface area contributed by atoms with Gasteiger partial charge in [-0.15, -0.1) is 0 Å². The number of rotatable bonds is 7. The molecule has 0 atom stereocenters. The van der Waals surface area contributed by atoms with E-state index in [4.69, 9.17) is 14.5 Å². The third-order valence-corrected chi connectivity index (χ3v) is 4.39. The van der Waals surface area contributed by atoms with Crippen LogP contribution in [0.3, 0.4) is 0 Å². The van der Waals surface area contributed by atoms with Crippen molar-refractivity contribution >= 4 is 5.91 Å². The highest BCUT2D eigenvalue weighted by Crippen LogP contribution is 2.27. The van der Waals surface area contributed by atoms with Gasteiger partial charge in [0.05, 0.1) is 23.7 Å². The fourth-order valence-electron chi connectivity index (χ4n) is 2.73. The van der Waals surface area contributed by atoms with Crippen LogP contribution in [-0.4, -0.2) is 28.6 Å². The smallest absolute Gasteiger partial charge is 0.228 e. The molecule has 1 saturated carbocycles. The van der Waals surface area contributed by atoms with Gasteiger partial charge < -0.3 is 14.2 Å². The predicted molar refractivity (Wildman–Crippen MR) is 90.8 cm³/mol. The van der Waals surface area contributed by atoms with Gasteiger partial charge in [-0.3, -0.25) is 4.79 Å². The zero-order chi connectivity index (χ0) is 17.8. The summed E-state index contributed by atoms with van der Waals surface area (Å²) >= 11 is 0. The number of aryl methyl sites for hydroxylation is 2. The fraction of sp³-hybridized carbons (Fsp3) is 0.421. The Balaban J connectivity index is 1.57. The normalized spacial score (nSPS) is 13.3. The molecule has 1 heterocycles. The number of carbonyl (C=O) groups is 1. The number of carbonyl (C=O) groups excluding carboxylic acids is 1. The van der Waals surface area contributed by atoms with E-state index in [-0.39, 0.29) is 18.5 Å². The van der Waals surface area contributed by atoms with Gasteiger partial charge in [-0.2, -0.15) is 5.26 Å². The van der Waals surface area contributed by atoms with Crippen LogP contribution >= 0.6 is 0 Å². The molecule has 0 radical (unpaired) electrons. The standard InChI is InChI=1S/C19H21N3O3/c1-13-18(14(2)25-21-13)12-24-17-7-3-15(4-8-17)11-19(23)22(10-9-20)16-5-6-16/h3-4,7-8,16H,5-6,10-12H2,1-2H3. The number of hydrogen-bond acceptors (Lipinski definition) is 5. The average Bonchev–Trinajstić information content (AvgIpc) is 3.39. The summed E-state index contributed by atoms with van der Waals surface area (Å²) in [6, 6.07) is 9.81. The van der Waals surface area contributed by atoms with Gasteiger partial charge in [0, 0.05) is 6.04 Å². The molecule has 1 amide bonds. The molecule has 130 valence electrons. The molecule has 25 heavy (non-hydrogen) atoms. The minimum Gasteiger partial charge on any atom is -0.489 e. The first-order chi connectivity index (χ1) is 12.1. The largest absolute Gasteiger partial charge is 0.489 e. The molecule has 0 saturated heterocycles. The first-order valence-electron chi connectivity index (χ1n) is 8.38. The molecule has 1 aliphatic rings. The van der Waals surface area contributed by atoms with Crippen LogP contribution in [0.1, 0.15) is 35.4 Å². The van der Waals surface area contributed by atoms with Crippen LogP contribution in [0.25, 0.3) is 0 Å². The monoisotopic (exact) mass is 339 g/mol. The quantitative estimate of drug-likeness (QED) is 0.725. The lowest BCUT2D eigenvalue weighted by Crippen LogP contribution is -2.34. The van der Waals surface area contributed by atoms with E-state index in [1.54, 1.807) is 4.90 Å². The maximum Gasteiger partial charge on any atom is 0.228 e. The van der Waals surface area contributed by atoms with Gasteiger partial charge in [-0.1, -0.05) is 17.3 Å². The first-order valence-corrected chi connectivity index (χ1v) is 8.38. The summed E-state index contributed by atoms with van der Waals surface area (Å²) in [5, 5.41) is 12.8. The zero-order valence-corrected chi connectivity index (χ0v) is 14.5. The Bertz CT molecular complexity index is 766. The summed E-state index contributed by atoms with van der Waals surface area (Å²) in [6.07, 6.45) is 2.31. The summed E-state index contributed by atoms with van der Waals surface area (Å²) in [5.41, 5.74) is 2.70. The second-order valence-corrected chi connectivity index (χ2v) is 6.32. The Hall–Kier alpha value is -2.81. The number of nitriles is 1. The van der Waals surface area contributed by atoms with Gasteiger partial charge in [-0.05, 0) is 44.4 Å². The van der Waals surface area contributed by atoms with Crippen LogP contribution in [0.15, 0.2) is 28.8 Å². The highest BCUT2D eigenvalue weighted by molar-refractivity contribution is 5.79. The Labute approximate surface area is 147 Å². The van der Waals surface area contributed by atoms with E-state index < -0.39 is 0 Å². The summed E-state index contributed by atoms with van der Waals surface area (Å²) < 4.78 is 10.9. The van der Waals surface area contributed by atoms with E-state index in [0.717, 1.165) is 41.2 Å². The SMILES string of the molecule is Cc1noc(C)c1COc1ccc(CC(=O)N(CC#N)C2CC2)cc1. The molecule has 1 aliphatic carbocycles. The average molecular weight is 339 g/mol. The third kappa shape index (κ3) is 4.18. The molecule has 0 unspecified atom stereocenters. The van der Waals surface area contributed by atoms with Gasteiger partial charge in [0.25, 0.3) is 0 Å².